The number of aliphatic hydroxyl groups is 1. The Kier molecular flexibility index (Phi) is 4.09. The van der Waals surface area contributed by atoms with Crippen LogP contribution in [0.5, 0.6) is 0 Å². The molecule has 124 valence electrons. The van der Waals surface area contributed by atoms with Gasteiger partial charge < -0.3 is 14.4 Å². The van der Waals surface area contributed by atoms with E-state index in [1.54, 1.807) is 0 Å². The van der Waals surface area contributed by atoms with Crippen molar-refractivity contribution >= 4 is 11.0 Å². The van der Waals surface area contributed by atoms with E-state index in [1.807, 2.05) is 17.9 Å². The summed E-state index contributed by atoms with van der Waals surface area (Å²) >= 11 is 0. The van der Waals surface area contributed by atoms with Crippen molar-refractivity contribution in [1.29, 1.82) is 0 Å². The fourth-order valence-corrected chi connectivity index (χ4v) is 4.18. The molecule has 3 atom stereocenters. The Morgan fingerprint density at radius 1 is 1.35 bits per heavy atom. The van der Waals surface area contributed by atoms with Crippen LogP contribution in [0.4, 0.5) is 0 Å². The number of hydrogen-bond donors (Lipinski definition) is 1. The van der Waals surface area contributed by atoms with Crippen LogP contribution in [-0.4, -0.2) is 51.5 Å². The average Bonchev–Trinajstić information content (AvgIpc) is 3.14. The summed E-state index contributed by atoms with van der Waals surface area (Å²) in [6.45, 7) is 3.37. The van der Waals surface area contributed by atoms with Gasteiger partial charge in [0.2, 0.25) is 0 Å². The van der Waals surface area contributed by atoms with Gasteiger partial charge >= 0.3 is 0 Å². The standard InChI is InChI=1S/C18H25N3O2/c1-20-12-19-15-9-13(5-6-16(15)20)10-21-7-8-23-11-17(21)14-3-2-4-18(14)22/h5-6,9,12,14,17-18,22H,2-4,7-8,10-11H2,1H3. The molecule has 1 aromatic carbocycles. The molecule has 23 heavy (non-hydrogen) atoms. The number of hydrogen-bond acceptors (Lipinski definition) is 4. The van der Waals surface area contributed by atoms with Gasteiger partial charge in [-0.15, -0.1) is 0 Å². The number of imidazole rings is 1. The third-order valence-corrected chi connectivity index (χ3v) is 5.48. The molecule has 2 aliphatic rings. The smallest absolute Gasteiger partial charge is 0.0955 e. The van der Waals surface area contributed by atoms with Gasteiger partial charge in [-0.2, -0.15) is 0 Å². The number of rotatable bonds is 3. The number of aliphatic hydroxyl groups excluding tert-OH is 1. The van der Waals surface area contributed by atoms with E-state index in [0.29, 0.717) is 12.0 Å². The lowest BCUT2D eigenvalue weighted by molar-refractivity contribution is -0.0536. The van der Waals surface area contributed by atoms with Crippen LogP contribution in [0.2, 0.25) is 0 Å². The van der Waals surface area contributed by atoms with Crippen molar-refractivity contribution in [2.24, 2.45) is 13.0 Å². The van der Waals surface area contributed by atoms with Crippen LogP contribution >= 0.6 is 0 Å². The number of aromatic nitrogens is 2. The van der Waals surface area contributed by atoms with Gasteiger partial charge in [0.25, 0.3) is 0 Å². The third kappa shape index (κ3) is 2.89. The van der Waals surface area contributed by atoms with Crippen LogP contribution in [0.15, 0.2) is 24.5 Å². The summed E-state index contributed by atoms with van der Waals surface area (Å²) in [5, 5.41) is 10.3. The maximum atomic E-state index is 10.3. The van der Waals surface area contributed by atoms with E-state index in [2.05, 4.69) is 28.1 Å². The molecule has 1 aliphatic carbocycles. The van der Waals surface area contributed by atoms with Crippen LogP contribution in [-0.2, 0) is 18.3 Å². The number of ether oxygens (including phenoxy) is 1. The zero-order valence-corrected chi connectivity index (χ0v) is 13.7. The van der Waals surface area contributed by atoms with Gasteiger partial charge in [0.1, 0.15) is 0 Å². The maximum Gasteiger partial charge on any atom is 0.0955 e. The maximum absolute atomic E-state index is 10.3. The Morgan fingerprint density at radius 3 is 3.09 bits per heavy atom. The highest BCUT2D eigenvalue weighted by Gasteiger charge is 2.37. The lowest BCUT2D eigenvalue weighted by Crippen LogP contribution is -2.50. The number of aryl methyl sites for hydroxylation is 1. The van der Waals surface area contributed by atoms with Gasteiger partial charge in [0.05, 0.1) is 36.7 Å². The molecule has 3 unspecified atom stereocenters. The van der Waals surface area contributed by atoms with Gasteiger partial charge in [0, 0.05) is 32.1 Å². The van der Waals surface area contributed by atoms with Crippen molar-refractivity contribution in [2.45, 2.75) is 38.0 Å². The molecule has 0 amide bonds. The Balaban J connectivity index is 1.54. The van der Waals surface area contributed by atoms with Gasteiger partial charge in [-0.05, 0) is 30.5 Å². The molecule has 1 aliphatic heterocycles. The van der Waals surface area contributed by atoms with Crippen molar-refractivity contribution in [3.63, 3.8) is 0 Å². The van der Waals surface area contributed by atoms with Crippen LogP contribution in [0, 0.1) is 5.92 Å². The van der Waals surface area contributed by atoms with Crippen molar-refractivity contribution in [3.8, 4) is 0 Å². The van der Waals surface area contributed by atoms with Gasteiger partial charge in [-0.1, -0.05) is 12.5 Å². The second-order valence-electron chi connectivity index (χ2n) is 6.95. The molecule has 2 fully saturated rings. The van der Waals surface area contributed by atoms with Crippen molar-refractivity contribution < 1.29 is 9.84 Å². The summed E-state index contributed by atoms with van der Waals surface area (Å²) in [4.78, 5) is 6.95. The quantitative estimate of drug-likeness (QED) is 0.940. The summed E-state index contributed by atoms with van der Waals surface area (Å²) < 4.78 is 7.76. The Bertz CT molecular complexity index is 684. The van der Waals surface area contributed by atoms with E-state index >= 15 is 0 Å². The topological polar surface area (TPSA) is 50.5 Å². The van der Waals surface area contributed by atoms with Crippen LogP contribution < -0.4 is 0 Å². The SMILES string of the molecule is Cn1cnc2cc(CN3CCOCC3C3CCCC3O)ccc21. The molecule has 1 saturated carbocycles. The Hall–Kier alpha value is -1.43. The number of nitrogens with zero attached hydrogens (tertiary/aromatic N) is 3. The third-order valence-electron chi connectivity index (χ3n) is 5.48. The fraction of sp³-hybridized carbons (Fsp3) is 0.611. The predicted molar refractivity (Wildman–Crippen MR) is 89.1 cm³/mol. The Labute approximate surface area is 136 Å². The summed E-state index contributed by atoms with van der Waals surface area (Å²) in [6.07, 6.45) is 4.89. The van der Waals surface area contributed by atoms with Gasteiger partial charge in [-0.3, -0.25) is 4.90 Å². The summed E-state index contributed by atoms with van der Waals surface area (Å²) in [7, 11) is 2.02. The molecule has 0 bridgehead atoms. The number of morpholine rings is 1. The highest BCUT2D eigenvalue weighted by molar-refractivity contribution is 5.75. The highest BCUT2D eigenvalue weighted by Crippen LogP contribution is 2.33. The molecule has 4 rings (SSSR count). The van der Waals surface area contributed by atoms with Gasteiger partial charge in [0.15, 0.2) is 0 Å². The first-order valence-electron chi connectivity index (χ1n) is 8.62. The molecule has 2 aromatic rings. The zero-order valence-electron chi connectivity index (χ0n) is 13.7. The molecule has 0 radical (unpaired) electrons. The molecule has 1 N–H and O–H groups in total. The fourth-order valence-electron chi connectivity index (χ4n) is 4.18. The first-order chi connectivity index (χ1) is 11.2. The molecule has 2 heterocycles. The molecule has 5 heteroatoms. The molecular formula is C18H25N3O2. The van der Waals surface area contributed by atoms with E-state index in [9.17, 15) is 5.11 Å². The van der Waals surface area contributed by atoms with E-state index in [1.165, 1.54) is 11.1 Å². The number of benzene rings is 1. The molecule has 5 nitrogen and oxygen atoms in total. The second-order valence-corrected chi connectivity index (χ2v) is 6.95. The van der Waals surface area contributed by atoms with Crippen LogP contribution in [0.1, 0.15) is 24.8 Å². The van der Waals surface area contributed by atoms with Crippen molar-refractivity contribution in [2.75, 3.05) is 19.8 Å². The summed E-state index contributed by atoms with van der Waals surface area (Å²) in [5.74, 6) is 0.355. The first kappa shape index (κ1) is 15.1. The van der Waals surface area contributed by atoms with Gasteiger partial charge in [-0.25, -0.2) is 4.98 Å². The van der Waals surface area contributed by atoms with E-state index in [-0.39, 0.29) is 6.10 Å². The van der Waals surface area contributed by atoms with E-state index < -0.39 is 0 Å². The molecular weight excluding hydrogens is 290 g/mol. The predicted octanol–water partition coefficient (Wildman–Crippen LogP) is 1.94. The molecule has 1 aromatic heterocycles. The van der Waals surface area contributed by atoms with E-state index in [0.717, 1.165) is 51.1 Å². The largest absolute Gasteiger partial charge is 0.393 e. The Morgan fingerprint density at radius 2 is 2.26 bits per heavy atom. The average molecular weight is 315 g/mol. The minimum Gasteiger partial charge on any atom is -0.393 e. The van der Waals surface area contributed by atoms with Crippen LogP contribution in [0.25, 0.3) is 11.0 Å². The first-order valence-corrected chi connectivity index (χ1v) is 8.62. The lowest BCUT2D eigenvalue weighted by Gasteiger charge is -2.40. The summed E-state index contributed by atoms with van der Waals surface area (Å²) in [5.41, 5.74) is 3.50. The normalized spacial score (nSPS) is 29.4. The van der Waals surface area contributed by atoms with Crippen molar-refractivity contribution in [3.05, 3.63) is 30.1 Å². The van der Waals surface area contributed by atoms with Crippen molar-refractivity contribution in [1.82, 2.24) is 14.5 Å². The van der Waals surface area contributed by atoms with E-state index in [4.69, 9.17) is 4.74 Å². The molecule has 1 saturated heterocycles. The molecule has 0 spiro atoms. The summed E-state index contributed by atoms with van der Waals surface area (Å²) in [6, 6.07) is 6.87. The zero-order chi connectivity index (χ0) is 15.8. The monoisotopic (exact) mass is 315 g/mol. The minimum absolute atomic E-state index is 0.164. The lowest BCUT2D eigenvalue weighted by atomic mass is 9.94. The second kappa shape index (κ2) is 6.23. The van der Waals surface area contributed by atoms with Crippen LogP contribution in [0.3, 0.4) is 0 Å². The minimum atomic E-state index is -0.164. The number of fused-ring (bicyclic) bond motifs is 1. The highest BCUT2D eigenvalue weighted by atomic mass is 16.5.